The van der Waals surface area contributed by atoms with E-state index in [1.54, 1.807) is 0 Å². The van der Waals surface area contributed by atoms with Gasteiger partial charge in [0.05, 0.1) is 0 Å². The van der Waals surface area contributed by atoms with Gasteiger partial charge in [-0.1, -0.05) is 6.04 Å². The van der Waals surface area contributed by atoms with Crippen molar-refractivity contribution in [1.29, 1.82) is 0 Å². The lowest BCUT2D eigenvalue weighted by Gasteiger charge is -2.04. The van der Waals surface area contributed by atoms with Gasteiger partial charge in [-0.15, -0.1) is 0 Å². The highest BCUT2D eigenvalue weighted by atomic mass is 28.2. The van der Waals surface area contributed by atoms with Gasteiger partial charge >= 0.3 is 0 Å². The molecule has 0 aromatic heterocycles. The Morgan fingerprint density at radius 3 is 2.71 bits per heavy atom. The predicted molar refractivity (Wildman–Crippen MR) is 32.4 cm³/mol. The molecule has 1 fully saturated rings. The van der Waals surface area contributed by atoms with E-state index in [0.29, 0.717) is 5.78 Å². The number of carbonyl (C=O) groups excluding carboxylic acids is 1. The Morgan fingerprint density at radius 1 is 1.57 bits per heavy atom. The average molecular weight is 114 g/mol. The molecule has 40 valence electrons. The number of hydrogen-bond donors (Lipinski definition) is 0. The third-order valence-electron chi connectivity index (χ3n) is 1.41. The van der Waals surface area contributed by atoms with E-state index in [4.69, 9.17) is 0 Å². The number of hydrogen-bond acceptors (Lipinski definition) is 1. The number of ketones is 1. The molecule has 0 radical (unpaired) electrons. The molecule has 1 heterocycles. The molecule has 0 aromatic rings. The molecule has 0 saturated carbocycles. The van der Waals surface area contributed by atoms with Gasteiger partial charge in [0.1, 0.15) is 5.78 Å². The molecule has 1 nitrogen and oxygen atoms in total. The van der Waals surface area contributed by atoms with Crippen molar-refractivity contribution < 1.29 is 4.79 Å². The van der Waals surface area contributed by atoms with Crippen molar-refractivity contribution >= 4 is 15.3 Å². The van der Waals surface area contributed by atoms with E-state index in [0.717, 1.165) is 12.5 Å². The molecule has 0 atom stereocenters. The van der Waals surface area contributed by atoms with Gasteiger partial charge in [-0.3, -0.25) is 0 Å². The fourth-order valence-corrected chi connectivity index (χ4v) is 2.44. The van der Waals surface area contributed by atoms with Crippen LogP contribution in [0.5, 0.6) is 0 Å². The maximum absolute atomic E-state index is 10.5. The van der Waals surface area contributed by atoms with Crippen molar-refractivity contribution in [3.63, 3.8) is 0 Å². The summed E-state index contributed by atoms with van der Waals surface area (Å²) in [5.74, 6) is 0.526. The minimum Gasteiger partial charge on any atom is -0.300 e. The summed E-state index contributed by atoms with van der Waals surface area (Å²) in [6, 6.07) is 2.39. The monoisotopic (exact) mass is 114 g/mol. The SMILES string of the molecule is O=C1CCC[SiH2]C1. The van der Waals surface area contributed by atoms with E-state index in [9.17, 15) is 4.79 Å². The van der Waals surface area contributed by atoms with Crippen molar-refractivity contribution in [1.82, 2.24) is 0 Å². The topological polar surface area (TPSA) is 17.1 Å². The first-order valence-electron chi connectivity index (χ1n) is 2.91. The largest absolute Gasteiger partial charge is 0.300 e. The molecule has 0 unspecified atom stereocenters. The van der Waals surface area contributed by atoms with Crippen molar-refractivity contribution in [2.75, 3.05) is 0 Å². The van der Waals surface area contributed by atoms with Gasteiger partial charge in [0.2, 0.25) is 0 Å². The maximum atomic E-state index is 10.5. The second kappa shape index (κ2) is 2.26. The van der Waals surface area contributed by atoms with Crippen LogP contribution in [0.4, 0.5) is 0 Å². The van der Waals surface area contributed by atoms with Crippen LogP contribution in [0.2, 0.25) is 12.1 Å². The van der Waals surface area contributed by atoms with Crippen LogP contribution in [0.1, 0.15) is 12.8 Å². The van der Waals surface area contributed by atoms with Gasteiger partial charge in [-0.2, -0.15) is 0 Å². The minimum absolute atomic E-state index is 0.111. The number of carbonyl (C=O) groups is 1. The zero-order chi connectivity index (χ0) is 5.11. The summed E-state index contributed by atoms with van der Waals surface area (Å²) in [5.41, 5.74) is 0. The third kappa shape index (κ3) is 1.43. The summed E-state index contributed by atoms with van der Waals surface area (Å²) in [6.07, 6.45) is 2.08. The summed E-state index contributed by atoms with van der Waals surface area (Å²) in [6.45, 7) is 0. The van der Waals surface area contributed by atoms with Crippen LogP contribution in [0.15, 0.2) is 0 Å². The lowest BCUT2D eigenvalue weighted by atomic mass is 10.2. The molecule has 1 rings (SSSR count). The van der Waals surface area contributed by atoms with E-state index in [2.05, 4.69) is 0 Å². The molecular formula is C5H10OSi. The van der Waals surface area contributed by atoms with Crippen molar-refractivity contribution in [2.24, 2.45) is 0 Å². The number of rotatable bonds is 0. The molecule has 7 heavy (non-hydrogen) atoms. The summed E-state index contributed by atoms with van der Waals surface area (Å²) in [4.78, 5) is 10.5. The molecular weight excluding hydrogens is 104 g/mol. The van der Waals surface area contributed by atoms with E-state index in [-0.39, 0.29) is 9.52 Å². The fourth-order valence-electron chi connectivity index (χ4n) is 0.946. The van der Waals surface area contributed by atoms with E-state index in [1.165, 1.54) is 12.5 Å². The highest BCUT2D eigenvalue weighted by Gasteiger charge is 2.06. The van der Waals surface area contributed by atoms with Crippen LogP contribution in [-0.2, 0) is 4.79 Å². The molecule has 0 N–H and O–H groups in total. The highest BCUT2D eigenvalue weighted by molar-refractivity contribution is 6.42. The molecule has 0 spiro atoms. The van der Waals surface area contributed by atoms with Gasteiger partial charge in [0.25, 0.3) is 0 Å². The highest BCUT2D eigenvalue weighted by Crippen LogP contribution is 2.07. The molecule has 2 heteroatoms. The average Bonchev–Trinajstić information content (AvgIpc) is 1.69. The summed E-state index contributed by atoms with van der Waals surface area (Å²) >= 11 is 0. The predicted octanol–water partition coefficient (Wildman–Crippen LogP) is 0.355. The van der Waals surface area contributed by atoms with Crippen LogP contribution < -0.4 is 0 Å². The lowest BCUT2D eigenvalue weighted by molar-refractivity contribution is -0.117. The Balaban J connectivity index is 2.25. The van der Waals surface area contributed by atoms with Crippen LogP contribution in [-0.4, -0.2) is 15.3 Å². The summed E-state index contributed by atoms with van der Waals surface area (Å²) < 4.78 is 0. The Kier molecular flexibility index (Phi) is 1.62. The van der Waals surface area contributed by atoms with Gasteiger partial charge < -0.3 is 4.79 Å². The van der Waals surface area contributed by atoms with Crippen LogP contribution in [0.3, 0.4) is 0 Å². The number of Topliss-reactive ketones (excluding diaryl/α,β-unsaturated/α-hetero) is 1. The minimum atomic E-state index is 0.111. The third-order valence-corrected chi connectivity index (χ3v) is 3.32. The fraction of sp³-hybridized carbons (Fsp3) is 0.800. The quantitative estimate of drug-likeness (QED) is 0.415. The summed E-state index contributed by atoms with van der Waals surface area (Å²) in [5, 5.41) is 0. The van der Waals surface area contributed by atoms with Crippen molar-refractivity contribution in [2.45, 2.75) is 24.9 Å². The van der Waals surface area contributed by atoms with Crippen LogP contribution in [0.25, 0.3) is 0 Å². The maximum Gasteiger partial charge on any atom is 0.129 e. The first kappa shape index (κ1) is 5.03. The first-order valence-corrected chi connectivity index (χ1v) is 4.91. The Labute approximate surface area is 45.9 Å². The zero-order valence-electron chi connectivity index (χ0n) is 4.44. The molecule has 0 aromatic carbocycles. The molecule has 0 bridgehead atoms. The van der Waals surface area contributed by atoms with Crippen molar-refractivity contribution in [3.8, 4) is 0 Å². The molecule has 1 aliphatic rings. The van der Waals surface area contributed by atoms with Gasteiger partial charge in [-0.05, 0) is 12.5 Å². The molecule has 0 aliphatic carbocycles. The standard InChI is InChI=1S/C5H10OSi/c6-5-2-1-3-7-4-5/h1-4,7H2. The Morgan fingerprint density at radius 2 is 2.43 bits per heavy atom. The van der Waals surface area contributed by atoms with Crippen molar-refractivity contribution in [3.05, 3.63) is 0 Å². The normalized spacial score (nSPS) is 26.0. The molecule has 1 saturated heterocycles. The second-order valence-corrected chi connectivity index (χ2v) is 4.01. The Hall–Kier alpha value is -0.113. The molecule has 1 aliphatic heterocycles. The summed E-state index contributed by atoms with van der Waals surface area (Å²) in [7, 11) is 0.111. The van der Waals surface area contributed by atoms with E-state index in [1.807, 2.05) is 0 Å². The van der Waals surface area contributed by atoms with Crippen LogP contribution in [0, 0.1) is 0 Å². The van der Waals surface area contributed by atoms with Gasteiger partial charge in [-0.25, -0.2) is 0 Å². The first-order chi connectivity index (χ1) is 3.39. The van der Waals surface area contributed by atoms with E-state index < -0.39 is 0 Å². The van der Waals surface area contributed by atoms with E-state index >= 15 is 0 Å². The van der Waals surface area contributed by atoms with Crippen LogP contribution >= 0.6 is 0 Å². The smallest absolute Gasteiger partial charge is 0.129 e. The lowest BCUT2D eigenvalue weighted by Crippen LogP contribution is -2.08. The van der Waals surface area contributed by atoms with Gasteiger partial charge in [0.15, 0.2) is 0 Å². The Bertz CT molecular complexity index is 72.1. The second-order valence-electron chi connectivity index (χ2n) is 2.10. The zero-order valence-corrected chi connectivity index (χ0v) is 5.86. The molecule has 0 amide bonds. The van der Waals surface area contributed by atoms with Gasteiger partial charge in [0, 0.05) is 15.9 Å².